The predicted octanol–water partition coefficient (Wildman–Crippen LogP) is 2.24. The summed E-state index contributed by atoms with van der Waals surface area (Å²) >= 11 is 0. The van der Waals surface area contributed by atoms with E-state index in [0.29, 0.717) is 5.69 Å². The molecule has 1 aromatic carbocycles. The lowest BCUT2D eigenvalue weighted by Crippen LogP contribution is -2.32. The van der Waals surface area contributed by atoms with E-state index in [9.17, 15) is 13.2 Å². The molecule has 0 atom stereocenters. The number of hydrogen-bond donors (Lipinski definition) is 1. The van der Waals surface area contributed by atoms with Crippen LogP contribution in [0.4, 0.5) is 5.69 Å². The summed E-state index contributed by atoms with van der Waals surface area (Å²) < 4.78 is 25.3. The molecule has 0 radical (unpaired) electrons. The summed E-state index contributed by atoms with van der Waals surface area (Å²) in [6.07, 6.45) is 1.39. The number of aliphatic carboxylic acids is 1. The lowest BCUT2D eigenvalue weighted by atomic mass is 10.0. The van der Waals surface area contributed by atoms with Gasteiger partial charge < -0.3 is 5.11 Å². The summed E-state index contributed by atoms with van der Waals surface area (Å²) in [5, 5.41) is 8.68. The van der Waals surface area contributed by atoms with Gasteiger partial charge in [-0.15, -0.1) is 0 Å². The van der Waals surface area contributed by atoms with Gasteiger partial charge in [-0.2, -0.15) is 0 Å². The maximum absolute atomic E-state index is 12.0. The zero-order chi connectivity index (χ0) is 15.5. The third kappa shape index (κ3) is 4.23. The molecule has 0 heterocycles. The van der Waals surface area contributed by atoms with E-state index in [1.165, 1.54) is 4.31 Å². The number of carbonyl (C=O) groups is 1. The van der Waals surface area contributed by atoms with Gasteiger partial charge in [-0.25, -0.2) is 8.42 Å². The van der Waals surface area contributed by atoms with Gasteiger partial charge in [-0.1, -0.05) is 17.7 Å². The molecule has 0 unspecified atom stereocenters. The molecule has 1 N–H and O–H groups in total. The maximum Gasteiger partial charge on any atom is 0.303 e. The summed E-state index contributed by atoms with van der Waals surface area (Å²) in [4.78, 5) is 10.6. The highest BCUT2D eigenvalue weighted by Crippen LogP contribution is 2.28. The Hall–Kier alpha value is -1.56. The third-order valence-electron chi connectivity index (χ3n) is 3.04. The van der Waals surface area contributed by atoms with Crippen LogP contribution in [0.2, 0.25) is 0 Å². The topological polar surface area (TPSA) is 74.7 Å². The smallest absolute Gasteiger partial charge is 0.303 e. The highest BCUT2D eigenvalue weighted by atomic mass is 32.2. The Bertz CT molecular complexity index is 585. The molecule has 0 aliphatic rings. The minimum absolute atomic E-state index is 0.0457. The Morgan fingerprint density at radius 2 is 1.70 bits per heavy atom. The Morgan fingerprint density at radius 1 is 1.20 bits per heavy atom. The third-order valence-corrected chi connectivity index (χ3v) is 4.20. The second-order valence-corrected chi connectivity index (χ2v) is 6.99. The molecular formula is C14H21NO4S. The molecule has 1 aromatic rings. The molecule has 0 fully saturated rings. The van der Waals surface area contributed by atoms with Gasteiger partial charge >= 0.3 is 5.97 Å². The molecule has 0 aliphatic carbocycles. The molecule has 0 aliphatic heterocycles. The number of nitrogens with zero attached hydrogens (tertiary/aromatic N) is 1. The van der Waals surface area contributed by atoms with Gasteiger partial charge in [0.25, 0.3) is 0 Å². The van der Waals surface area contributed by atoms with Crippen molar-refractivity contribution in [1.29, 1.82) is 0 Å². The van der Waals surface area contributed by atoms with E-state index in [2.05, 4.69) is 0 Å². The van der Waals surface area contributed by atoms with E-state index in [1.54, 1.807) is 0 Å². The summed E-state index contributed by atoms with van der Waals surface area (Å²) in [6, 6.07) is 3.86. The van der Waals surface area contributed by atoms with Crippen LogP contribution in [0.5, 0.6) is 0 Å². The van der Waals surface area contributed by atoms with Crippen LogP contribution in [0.25, 0.3) is 0 Å². The minimum atomic E-state index is -3.43. The van der Waals surface area contributed by atoms with Gasteiger partial charge in [0.1, 0.15) is 0 Å². The number of benzene rings is 1. The SMILES string of the molecule is Cc1cc(C)c(N(CCCC(=O)O)S(C)(=O)=O)c(C)c1. The molecule has 112 valence electrons. The van der Waals surface area contributed by atoms with Gasteiger partial charge in [0, 0.05) is 13.0 Å². The zero-order valence-corrected chi connectivity index (χ0v) is 13.1. The Labute approximate surface area is 120 Å². The molecule has 0 saturated carbocycles. The normalized spacial score (nSPS) is 11.4. The number of aryl methyl sites for hydroxylation is 3. The van der Waals surface area contributed by atoms with E-state index in [-0.39, 0.29) is 19.4 Å². The highest BCUT2D eigenvalue weighted by molar-refractivity contribution is 7.92. The molecule has 0 amide bonds. The van der Waals surface area contributed by atoms with Crippen molar-refractivity contribution >= 4 is 21.7 Å². The number of carboxylic acids is 1. The molecule has 0 bridgehead atoms. The van der Waals surface area contributed by atoms with Crippen molar-refractivity contribution in [1.82, 2.24) is 0 Å². The van der Waals surface area contributed by atoms with Crippen LogP contribution in [0.3, 0.4) is 0 Å². The number of carboxylic acid groups (broad SMARTS) is 1. The van der Waals surface area contributed by atoms with Gasteiger partial charge in [0.2, 0.25) is 10.0 Å². The van der Waals surface area contributed by atoms with Crippen molar-refractivity contribution in [2.24, 2.45) is 0 Å². The first-order valence-electron chi connectivity index (χ1n) is 6.40. The predicted molar refractivity (Wildman–Crippen MR) is 79.7 cm³/mol. The van der Waals surface area contributed by atoms with Crippen molar-refractivity contribution in [3.05, 3.63) is 28.8 Å². The monoisotopic (exact) mass is 299 g/mol. The summed E-state index contributed by atoms with van der Waals surface area (Å²) in [7, 11) is -3.43. The number of anilines is 1. The Kier molecular flexibility index (Phi) is 5.16. The molecular weight excluding hydrogens is 278 g/mol. The molecule has 5 nitrogen and oxygen atoms in total. The van der Waals surface area contributed by atoms with Gasteiger partial charge in [-0.3, -0.25) is 9.10 Å². The van der Waals surface area contributed by atoms with Gasteiger partial charge in [0.15, 0.2) is 0 Å². The number of hydrogen-bond acceptors (Lipinski definition) is 3. The quantitative estimate of drug-likeness (QED) is 0.874. The molecule has 1 rings (SSSR count). The van der Waals surface area contributed by atoms with E-state index in [1.807, 2.05) is 32.9 Å². The lowest BCUT2D eigenvalue weighted by Gasteiger charge is -2.26. The first kappa shape index (κ1) is 16.5. The zero-order valence-electron chi connectivity index (χ0n) is 12.3. The summed E-state index contributed by atoms with van der Waals surface area (Å²) in [5.74, 6) is -0.921. The highest BCUT2D eigenvalue weighted by Gasteiger charge is 2.21. The molecule has 0 aromatic heterocycles. The Morgan fingerprint density at radius 3 is 2.10 bits per heavy atom. The minimum Gasteiger partial charge on any atom is -0.481 e. The van der Waals surface area contributed by atoms with Crippen LogP contribution in [-0.2, 0) is 14.8 Å². The van der Waals surface area contributed by atoms with Crippen LogP contribution in [0.15, 0.2) is 12.1 Å². The molecule has 0 saturated heterocycles. The molecule has 20 heavy (non-hydrogen) atoms. The van der Waals surface area contributed by atoms with Crippen LogP contribution in [0.1, 0.15) is 29.5 Å². The summed E-state index contributed by atoms with van der Waals surface area (Å²) in [6.45, 7) is 5.87. The second kappa shape index (κ2) is 6.26. The van der Waals surface area contributed by atoms with Crippen LogP contribution in [0, 0.1) is 20.8 Å². The number of rotatable bonds is 6. The van der Waals surface area contributed by atoms with Gasteiger partial charge in [-0.05, 0) is 38.3 Å². The lowest BCUT2D eigenvalue weighted by molar-refractivity contribution is -0.137. The van der Waals surface area contributed by atoms with E-state index < -0.39 is 16.0 Å². The van der Waals surface area contributed by atoms with E-state index in [0.717, 1.165) is 22.9 Å². The van der Waals surface area contributed by atoms with Crippen molar-refractivity contribution < 1.29 is 18.3 Å². The van der Waals surface area contributed by atoms with E-state index >= 15 is 0 Å². The second-order valence-electron chi connectivity index (χ2n) is 5.08. The van der Waals surface area contributed by atoms with Crippen molar-refractivity contribution in [2.75, 3.05) is 17.1 Å². The van der Waals surface area contributed by atoms with Crippen LogP contribution < -0.4 is 4.31 Å². The fourth-order valence-electron chi connectivity index (χ4n) is 2.38. The molecule has 6 heteroatoms. The van der Waals surface area contributed by atoms with Crippen LogP contribution in [-0.4, -0.2) is 32.3 Å². The average Bonchev–Trinajstić information content (AvgIpc) is 2.23. The first-order valence-corrected chi connectivity index (χ1v) is 8.25. The summed E-state index contributed by atoms with van der Waals surface area (Å²) in [5.41, 5.74) is 3.48. The fourth-order valence-corrected chi connectivity index (χ4v) is 3.46. The Balaban J connectivity index is 3.16. The average molecular weight is 299 g/mol. The van der Waals surface area contributed by atoms with Crippen molar-refractivity contribution in [2.45, 2.75) is 33.6 Å². The number of sulfonamides is 1. The van der Waals surface area contributed by atoms with Crippen molar-refractivity contribution in [3.63, 3.8) is 0 Å². The fraction of sp³-hybridized carbons (Fsp3) is 0.500. The first-order chi connectivity index (χ1) is 9.12. The standard InChI is InChI=1S/C14H21NO4S/c1-10-8-11(2)14(12(3)9-10)15(20(4,18)19)7-5-6-13(16)17/h8-9H,5-7H2,1-4H3,(H,16,17). The van der Waals surface area contributed by atoms with Crippen molar-refractivity contribution in [3.8, 4) is 0 Å². The maximum atomic E-state index is 12.0. The van der Waals surface area contributed by atoms with E-state index in [4.69, 9.17) is 5.11 Å². The molecule has 0 spiro atoms. The van der Waals surface area contributed by atoms with Gasteiger partial charge in [0.05, 0.1) is 11.9 Å². The largest absolute Gasteiger partial charge is 0.481 e. The van der Waals surface area contributed by atoms with Crippen LogP contribution >= 0.6 is 0 Å².